The summed E-state index contributed by atoms with van der Waals surface area (Å²) < 4.78 is 5.66. The number of pyridine rings is 1. The van der Waals surface area contributed by atoms with Gasteiger partial charge in [-0.25, -0.2) is 0 Å². The molecule has 0 radical (unpaired) electrons. The zero-order chi connectivity index (χ0) is 17.5. The number of hydrogen-bond acceptors (Lipinski definition) is 4. The minimum Gasteiger partial charge on any atom is -0.494 e. The van der Waals surface area contributed by atoms with Gasteiger partial charge in [0, 0.05) is 16.6 Å². The van der Waals surface area contributed by atoms with Gasteiger partial charge in [-0.05, 0) is 60.5 Å². The summed E-state index contributed by atoms with van der Waals surface area (Å²) in [4.78, 5) is 4.33. The lowest BCUT2D eigenvalue weighted by Crippen LogP contribution is -1.96. The number of rotatable bonds is 7. The first-order chi connectivity index (χ1) is 12.3. The molecule has 0 aliphatic heterocycles. The fourth-order valence-electron chi connectivity index (χ4n) is 2.38. The van der Waals surface area contributed by atoms with Gasteiger partial charge >= 0.3 is 0 Å². The Morgan fingerprint density at radius 2 is 2.00 bits per heavy atom. The van der Waals surface area contributed by atoms with Crippen LogP contribution in [-0.2, 0) is 0 Å². The molecule has 3 rings (SSSR count). The Bertz CT molecular complexity index is 862. The van der Waals surface area contributed by atoms with E-state index in [0.717, 1.165) is 47.4 Å². The smallest absolute Gasteiger partial charge is 0.119 e. The Morgan fingerprint density at radius 1 is 1.16 bits per heavy atom. The number of fused-ring (bicyclic) bond motifs is 1. The summed E-state index contributed by atoms with van der Waals surface area (Å²) in [6, 6.07) is 15.3. The summed E-state index contributed by atoms with van der Waals surface area (Å²) in [5, 5.41) is 5.92. The van der Waals surface area contributed by atoms with Crippen molar-refractivity contribution < 1.29 is 4.74 Å². The highest BCUT2D eigenvalue weighted by Crippen LogP contribution is 2.24. The van der Waals surface area contributed by atoms with E-state index in [9.17, 15) is 0 Å². The third-order valence-electron chi connectivity index (χ3n) is 3.75. The van der Waals surface area contributed by atoms with E-state index in [1.807, 2.05) is 48.5 Å². The minimum atomic E-state index is 0.672. The Morgan fingerprint density at radius 3 is 2.80 bits per heavy atom. The molecule has 0 spiro atoms. The van der Waals surface area contributed by atoms with E-state index in [4.69, 9.17) is 16.3 Å². The van der Waals surface area contributed by atoms with E-state index >= 15 is 0 Å². The van der Waals surface area contributed by atoms with Crippen molar-refractivity contribution >= 4 is 34.4 Å². The Labute approximate surface area is 152 Å². The molecule has 0 aliphatic carbocycles. The number of anilines is 1. The average molecular weight is 354 g/mol. The van der Waals surface area contributed by atoms with Crippen molar-refractivity contribution in [2.75, 3.05) is 12.0 Å². The van der Waals surface area contributed by atoms with Crippen LogP contribution in [0.25, 0.3) is 10.9 Å². The van der Waals surface area contributed by atoms with E-state index in [2.05, 4.69) is 22.4 Å². The normalized spacial score (nSPS) is 11.1. The molecule has 4 nitrogen and oxygen atoms in total. The predicted octanol–water partition coefficient (Wildman–Crippen LogP) is 5.51. The zero-order valence-electron chi connectivity index (χ0n) is 14.1. The molecule has 0 unspecified atom stereocenters. The lowest BCUT2D eigenvalue weighted by atomic mass is 10.2. The maximum absolute atomic E-state index is 6.07. The lowest BCUT2D eigenvalue weighted by Gasteiger charge is -2.06. The molecule has 0 aliphatic rings. The van der Waals surface area contributed by atoms with Crippen LogP contribution in [0.5, 0.6) is 5.75 Å². The molecule has 25 heavy (non-hydrogen) atoms. The van der Waals surface area contributed by atoms with Crippen LogP contribution >= 0.6 is 11.6 Å². The number of halogens is 1. The van der Waals surface area contributed by atoms with Crippen molar-refractivity contribution in [1.29, 1.82) is 0 Å². The van der Waals surface area contributed by atoms with Crippen molar-refractivity contribution in [3.63, 3.8) is 0 Å². The first-order valence-electron chi connectivity index (χ1n) is 8.32. The summed E-state index contributed by atoms with van der Waals surface area (Å²) in [6.07, 6.45) is 5.71. The molecule has 1 heterocycles. The molecule has 0 saturated heterocycles. The van der Waals surface area contributed by atoms with E-state index in [-0.39, 0.29) is 0 Å². The van der Waals surface area contributed by atoms with Gasteiger partial charge in [0.2, 0.25) is 0 Å². The van der Waals surface area contributed by atoms with Gasteiger partial charge in [-0.2, -0.15) is 5.10 Å². The third-order valence-corrected chi connectivity index (χ3v) is 3.98. The number of unbranched alkanes of at least 4 members (excludes halogenated alkanes) is 1. The first kappa shape index (κ1) is 17.2. The average Bonchev–Trinajstić information content (AvgIpc) is 2.63. The molecule has 128 valence electrons. The lowest BCUT2D eigenvalue weighted by molar-refractivity contribution is 0.309. The minimum absolute atomic E-state index is 0.672. The van der Waals surface area contributed by atoms with Crippen molar-refractivity contribution in [3.05, 3.63) is 65.3 Å². The fraction of sp³-hybridized carbons (Fsp3) is 0.200. The van der Waals surface area contributed by atoms with Gasteiger partial charge < -0.3 is 4.74 Å². The van der Waals surface area contributed by atoms with Gasteiger partial charge in [0.15, 0.2) is 0 Å². The van der Waals surface area contributed by atoms with Gasteiger partial charge in [-0.3, -0.25) is 10.4 Å². The molecule has 0 bridgehead atoms. The number of hydrazone groups is 1. The maximum Gasteiger partial charge on any atom is 0.119 e. The predicted molar refractivity (Wildman–Crippen MR) is 105 cm³/mol. The van der Waals surface area contributed by atoms with Gasteiger partial charge in [0.25, 0.3) is 0 Å². The highest BCUT2D eigenvalue weighted by Gasteiger charge is 2.01. The van der Waals surface area contributed by atoms with Crippen LogP contribution in [0.4, 0.5) is 5.69 Å². The number of ether oxygens (including phenoxy) is 1. The van der Waals surface area contributed by atoms with Crippen LogP contribution in [0.15, 0.2) is 59.8 Å². The molecule has 0 saturated carbocycles. The molecule has 0 atom stereocenters. The summed E-state index contributed by atoms with van der Waals surface area (Å²) in [5.41, 5.74) is 5.79. The molecule has 1 N–H and O–H groups in total. The molecular weight excluding hydrogens is 334 g/mol. The SMILES string of the molecule is CCCCOc1ccc(/C=N/Nc2ccnc3ccc(Cl)cc23)cc1. The third kappa shape index (κ3) is 4.70. The molecule has 1 aromatic heterocycles. The van der Waals surface area contributed by atoms with Crippen LogP contribution in [0.3, 0.4) is 0 Å². The van der Waals surface area contributed by atoms with Crippen LogP contribution in [-0.4, -0.2) is 17.8 Å². The van der Waals surface area contributed by atoms with Crippen LogP contribution in [0.1, 0.15) is 25.3 Å². The number of nitrogens with zero attached hydrogens (tertiary/aromatic N) is 2. The molecule has 0 fully saturated rings. The van der Waals surface area contributed by atoms with E-state index < -0.39 is 0 Å². The second-order valence-electron chi connectivity index (χ2n) is 5.66. The number of nitrogens with one attached hydrogen (secondary N) is 1. The summed E-state index contributed by atoms with van der Waals surface area (Å²) in [5.74, 6) is 0.883. The molecule has 5 heteroatoms. The monoisotopic (exact) mass is 353 g/mol. The van der Waals surface area contributed by atoms with E-state index in [1.165, 1.54) is 0 Å². The summed E-state index contributed by atoms with van der Waals surface area (Å²) in [7, 11) is 0. The van der Waals surface area contributed by atoms with Crippen molar-refractivity contribution in [2.45, 2.75) is 19.8 Å². The second-order valence-corrected chi connectivity index (χ2v) is 6.10. The second kappa shape index (κ2) is 8.49. The van der Waals surface area contributed by atoms with Crippen molar-refractivity contribution in [1.82, 2.24) is 4.98 Å². The van der Waals surface area contributed by atoms with Crippen molar-refractivity contribution in [3.8, 4) is 5.75 Å². The number of aromatic nitrogens is 1. The van der Waals surface area contributed by atoms with Gasteiger partial charge in [-0.1, -0.05) is 24.9 Å². The van der Waals surface area contributed by atoms with E-state index in [0.29, 0.717) is 5.02 Å². The van der Waals surface area contributed by atoms with Crippen molar-refractivity contribution in [2.24, 2.45) is 5.10 Å². The van der Waals surface area contributed by atoms with Gasteiger partial charge in [0.1, 0.15) is 5.75 Å². The Balaban J connectivity index is 1.66. The standard InChI is InChI=1S/C20H20ClN3O/c1-2-3-12-25-17-7-4-15(5-8-17)14-23-24-20-10-11-22-19-9-6-16(21)13-18(19)20/h4-11,13-14H,2-3,12H2,1H3,(H,22,24)/b23-14+. The molecular formula is C20H20ClN3O. The van der Waals surface area contributed by atoms with Gasteiger partial charge in [0.05, 0.1) is 24.0 Å². The number of hydrogen-bond donors (Lipinski definition) is 1. The molecule has 2 aromatic carbocycles. The van der Waals surface area contributed by atoms with E-state index in [1.54, 1.807) is 12.4 Å². The highest BCUT2D eigenvalue weighted by molar-refractivity contribution is 6.31. The Kier molecular flexibility index (Phi) is 5.86. The maximum atomic E-state index is 6.07. The Hall–Kier alpha value is -2.59. The highest BCUT2D eigenvalue weighted by atomic mass is 35.5. The number of benzene rings is 2. The topological polar surface area (TPSA) is 46.5 Å². The zero-order valence-corrected chi connectivity index (χ0v) is 14.8. The van der Waals surface area contributed by atoms with Crippen LogP contribution in [0.2, 0.25) is 5.02 Å². The summed E-state index contributed by atoms with van der Waals surface area (Å²) >= 11 is 6.07. The molecule has 0 amide bonds. The summed E-state index contributed by atoms with van der Waals surface area (Å²) in [6.45, 7) is 2.90. The largest absolute Gasteiger partial charge is 0.494 e. The molecule has 3 aromatic rings. The first-order valence-corrected chi connectivity index (χ1v) is 8.70. The van der Waals surface area contributed by atoms with Crippen LogP contribution in [0, 0.1) is 0 Å². The van der Waals surface area contributed by atoms with Gasteiger partial charge in [-0.15, -0.1) is 0 Å². The van der Waals surface area contributed by atoms with Crippen LogP contribution < -0.4 is 10.2 Å². The quantitative estimate of drug-likeness (QED) is 0.346. The fourth-order valence-corrected chi connectivity index (χ4v) is 2.55.